The van der Waals surface area contributed by atoms with E-state index in [1.807, 2.05) is 4.90 Å². The molecular formula is C10H17NO. The maximum atomic E-state index is 11.1. The molecule has 0 bridgehead atoms. The van der Waals surface area contributed by atoms with E-state index in [0.717, 1.165) is 25.9 Å². The molecule has 2 heteroatoms. The minimum Gasteiger partial charge on any atom is -0.343 e. The lowest BCUT2D eigenvalue weighted by molar-refractivity contribution is -0.128. The summed E-state index contributed by atoms with van der Waals surface area (Å²) in [6, 6.07) is 0. The Bertz CT molecular complexity index is 196. The number of hydrogen-bond donors (Lipinski definition) is 0. The number of nitrogens with zero attached hydrogens (tertiary/aromatic N) is 1. The van der Waals surface area contributed by atoms with Gasteiger partial charge < -0.3 is 4.90 Å². The summed E-state index contributed by atoms with van der Waals surface area (Å²) < 4.78 is 0. The lowest BCUT2D eigenvalue weighted by Gasteiger charge is -2.17. The summed E-state index contributed by atoms with van der Waals surface area (Å²) in [7, 11) is 0. The van der Waals surface area contributed by atoms with Crippen LogP contribution in [0.15, 0.2) is 11.6 Å². The highest BCUT2D eigenvalue weighted by molar-refractivity contribution is 5.73. The molecule has 0 unspecified atom stereocenters. The van der Waals surface area contributed by atoms with Crippen LogP contribution in [-0.4, -0.2) is 23.9 Å². The average Bonchev–Trinajstić information content (AvgIpc) is 2.28. The molecule has 0 aromatic heterocycles. The molecular weight excluding hydrogens is 150 g/mol. The second-order valence-electron chi connectivity index (χ2n) is 3.31. The third kappa shape index (κ3) is 2.36. The summed E-state index contributed by atoms with van der Waals surface area (Å²) in [5.74, 6) is 0.215. The highest BCUT2D eigenvalue weighted by Gasteiger charge is 2.12. The maximum absolute atomic E-state index is 11.1. The highest BCUT2D eigenvalue weighted by Crippen LogP contribution is 2.15. The van der Waals surface area contributed by atoms with Crippen LogP contribution in [0.4, 0.5) is 0 Å². The van der Waals surface area contributed by atoms with Gasteiger partial charge in [0.25, 0.3) is 0 Å². The Morgan fingerprint density at radius 2 is 2.17 bits per heavy atom. The zero-order chi connectivity index (χ0) is 8.97. The smallest absolute Gasteiger partial charge is 0.219 e. The van der Waals surface area contributed by atoms with Crippen molar-refractivity contribution in [3.63, 3.8) is 0 Å². The van der Waals surface area contributed by atoms with Gasteiger partial charge >= 0.3 is 0 Å². The second kappa shape index (κ2) is 4.29. The average molecular weight is 167 g/mol. The van der Waals surface area contributed by atoms with Gasteiger partial charge in [-0.05, 0) is 26.2 Å². The molecule has 0 N–H and O–H groups in total. The molecule has 1 saturated heterocycles. The number of allylic oxidation sites excluding steroid dienone is 1. The number of hydrogen-bond acceptors (Lipinski definition) is 1. The van der Waals surface area contributed by atoms with E-state index >= 15 is 0 Å². The lowest BCUT2D eigenvalue weighted by atomic mass is 10.1. The molecule has 68 valence electrons. The van der Waals surface area contributed by atoms with Crippen molar-refractivity contribution in [1.82, 2.24) is 4.90 Å². The molecule has 0 radical (unpaired) electrons. The normalized spacial score (nSPS) is 22.5. The number of likely N-dealkylation sites (tertiary alicyclic amines) is 1. The molecule has 2 nitrogen and oxygen atoms in total. The Morgan fingerprint density at radius 1 is 1.42 bits per heavy atom. The molecule has 1 amide bonds. The van der Waals surface area contributed by atoms with E-state index in [1.165, 1.54) is 12.0 Å². The van der Waals surface area contributed by atoms with Crippen molar-refractivity contribution in [3.8, 4) is 0 Å². The molecule has 0 aromatic carbocycles. The molecule has 1 fully saturated rings. The fourth-order valence-corrected chi connectivity index (χ4v) is 1.62. The first-order chi connectivity index (χ1) is 5.74. The molecule has 0 atom stereocenters. The van der Waals surface area contributed by atoms with E-state index in [1.54, 1.807) is 6.92 Å². The minimum absolute atomic E-state index is 0.215. The standard InChI is InChI=1S/C10H17NO/c1-3-10-5-4-7-11(8-6-10)9(2)12/h3H,4-8H2,1-2H3/b10-3-. The lowest BCUT2D eigenvalue weighted by Crippen LogP contribution is -2.29. The van der Waals surface area contributed by atoms with Crippen LogP contribution in [0.25, 0.3) is 0 Å². The van der Waals surface area contributed by atoms with E-state index < -0.39 is 0 Å². The van der Waals surface area contributed by atoms with Gasteiger partial charge in [0.05, 0.1) is 0 Å². The van der Waals surface area contributed by atoms with Crippen LogP contribution in [0.3, 0.4) is 0 Å². The predicted molar refractivity (Wildman–Crippen MR) is 49.9 cm³/mol. The molecule has 1 rings (SSSR count). The van der Waals surface area contributed by atoms with Crippen molar-refractivity contribution in [3.05, 3.63) is 11.6 Å². The Morgan fingerprint density at radius 3 is 2.75 bits per heavy atom. The van der Waals surface area contributed by atoms with Gasteiger partial charge in [0, 0.05) is 20.0 Å². The molecule has 12 heavy (non-hydrogen) atoms. The maximum Gasteiger partial charge on any atom is 0.219 e. The first kappa shape index (κ1) is 9.30. The number of carbonyl (C=O) groups excluding carboxylic acids is 1. The third-order valence-electron chi connectivity index (χ3n) is 2.48. The van der Waals surface area contributed by atoms with Gasteiger partial charge in [-0.2, -0.15) is 0 Å². The van der Waals surface area contributed by atoms with Gasteiger partial charge in [-0.1, -0.05) is 11.6 Å². The monoisotopic (exact) mass is 167 g/mol. The van der Waals surface area contributed by atoms with Crippen molar-refractivity contribution >= 4 is 5.91 Å². The summed E-state index contributed by atoms with van der Waals surface area (Å²) >= 11 is 0. The van der Waals surface area contributed by atoms with E-state index in [2.05, 4.69) is 13.0 Å². The van der Waals surface area contributed by atoms with Gasteiger partial charge in [0.2, 0.25) is 5.91 Å². The van der Waals surface area contributed by atoms with Crippen LogP contribution < -0.4 is 0 Å². The topological polar surface area (TPSA) is 20.3 Å². The van der Waals surface area contributed by atoms with E-state index in [0.29, 0.717) is 0 Å². The Kier molecular flexibility index (Phi) is 3.32. The van der Waals surface area contributed by atoms with Crippen molar-refractivity contribution in [1.29, 1.82) is 0 Å². The quantitative estimate of drug-likeness (QED) is 0.505. The second-order valence-corrected chi connectivity index (χ2v) is 3.31. The van der Waals surface area contributed by atoms with Crippen LogP contribution >= 0.6 is 0 Å². The third-order valence-corrected chi connectivity index (χ3v) is 2.48. The minimum atomic E-state index is 0.215. The van der Waals surface area contributed by atoms with Crippen molar-refractivity contribution in [2.24, 2.45) is 0 Å². The van der Waals surface area contributed by atoms with E-state index in [9.17, 15) is 4.79 Å². The van der Waals surface area contributed by atoms with Gasteiger partial charge in [-0.25, -0.2) is 0 Å². The van der Waals surface area contributed by atoms with Crippen LogP contribution in [0.2, 0.25) is 0 Å². The SMILES string of the molecule is C/C=C1/CCCN(C(C)=O)CC1. The molecule has 1 heterocycles. The van der Waals surface area contributed by atoms with Crippen LogP contribution in [0, 0.1) is 0 Å². The first-order valence-electron chi connectivity index (χ1n) is 4.63. The molecule has 0 aromatic rings. The zero-order valence-electron chi connectivity index (χ0n) is 7.97. The Hall–Kier alpha value is -0.790. The summed E-state index contributed by atoms with van der Waals surface area (Å²) in [4.78, 5) is 13.0. The van der Waals surface area contributed by atoms with Crippen LogP contribution in [0.1, 0.15) is 33.1 Å². The van der Waals surface area contributed by atoms with Crippen LogP contribution in [0.5, 0.6) is 0 Å². The van der Waals surface area contributed by atoms with Gasteiger partial charge in [0.15, 0.2) is 0 Å². The summed E-state index contributed by atoms with van der Waals surface area (Å²) in [6.45, 7) is 5.58. The van der Waals surface area contributed by atoms with E-state index in [-0.39, 0.29) is 5.91 Å². The van der Waals surface area contributed by atoms with Crippen molar-refractivity contribution < 1.29 is 4.79 Å². The molecule has 0 saturated carbocycles. The Balaban J connectivity index is 2.50. The van der Waals surface area contributed by atoms with Crippen molar-refractivity contribution in [2.45, 2.75) is 33.1 Å². The Labute approximate surface area is 74.2 Å². The largest absolute Gasteiger partial charge is 0.343 e. The summed E-state index contributed by atoms with van der Waals surface area (Å²) in [6.07, 6.45) is 5.54. The summed E-state index contributed by atoms with van der Waals surface area (Å²) in [5.41, 5.74) is 1.50. The first-order valence-corrected chi connectivity index (χ1v) is 4.63. The fourth-order valence-electron chi connectivity index (χ4n) is 1.62. The predicted octanol–water partition coefficient (Wildman–Crippen LogP) is 1.97. The number of carbonyl (C=O) groups is 1. The van der Waals surface area contributed by atoms with Gasteiger partial charge in [-0.15, -0.1) is 0 Å². The molecule has 1 aliphatic heterocycles. The molecule has 0 aliphatic carbocycles. The van der Waals surface area contributed by atoms with Gasteiger partial charge in [0.1, 0.15) is 0 Å². The van der Waals surface area contributed by atoms with Gasteiger partial charge in [-0.3, -0.25) is 4.79 Å². The molecule has 1 aliphatic rings. The van der Waals surface area contributed by atoms with Crippen LogP contribution in [-0.2, 0) is 4.79 Å². The number of rotatable bonds is 0. The number of amides is 1. The zero-order valence-corrected chi connectivity index (χ0v) is 7.97. The van der Waals surface area contributed by atoms with E-state index in [4.69, 9.17) is 0 Å². The highest BCUT2D eigenvalue weighted by atomic mass is 16.2. The summed E-state index contributed by atoms with van der Waals surface area (Å²) in [5, 5.41) is 0. The van der Waals surface area contributed by atoms with Crippen molar-refractivity contribution in [2.75, 3.05) is 13.1 Å². The fraction of sp³-hybridized carbons (Fsp3) is 0.700. The molecule has 0 spiro atoms.